The van der Waals surface area contributed by atoms with Crippen molar-refractivity contribution in [3.8, 4) is 9.88 Å². The average Bonchev–Trinajstić information content (AvgIpc) is 2.95. The Hall–Kier alpha value is -1.05. The molecule has 0 saturated carbocycles. The van der Waals surface area contributed by atoms with Gasteiger partial charge < -0.3 is 10.1 Å². The summed E-state index contributed by atoms with van der Waals surface area (Å²) in [5.41, 5.74) is 1.07. The van der Waals surface area contributed by atoms with Gasteiger partial charge in [-0.05, 0) is 20.3 Å². The van der Waals surface area contributed by atoms with Crippen LogP contribution in [0.2, 0.25) is 0 Å². The smallest absolute Gasteiger partial charge is 0.206 e. The van der Waals surface area contributed by atoms with Crippen molar-refractivity contribution in [1.82, 2.24) is 15.2 Å². The van der Waals surface area contributed by atoms with Crippen LogP contribution in [0.1, 0.15) is 31.5 Å². The molecular formula is C12H18N4OS2. The summed E-state index contributed by atoms with van der Waals surface area (Å²) < 4.78 is 5.14. The van der Waals surface area contributed by atoms with Crippen molar-refractivity contribution >= 4 is 27.8 Å². The highest BCUT2D eigenvalue weighted by molar-refractivity contribution is 7.23. The summed E-state index contributed by atoms with van der Waals surface area (Å²) in [4.78, 5) is 5.69. The van der Waals surface area contributed by atoms with Crippen LogP contribution in [0.15, 0.2) is 0 Å². The second-order valence-corrected chi connectivity index (χ2v) is 6.44. The van der Waals surface area contributed by atoms with Gasteiger partial charge in [0.2, 0.25) is 5.13 Å². The van der Waals surface area contributed by atoms with Crippen LogP contribution in [-0.4, -0.2) is 28.3 Å². The van der Waals surface area contributed by atoms with E-state index in [0.29, 0.717) is 12.6 Å². The molecule has 0 atom stereocenters. The topological polar surface area (TPSA) is 59.9 Å². The van der Waals surface area contributed by atoms with E-state index in [1.165, 1.54) is 0 Å². The fourth-order valence-corrected chi connectivity index (χ4v) is 3.72. The monoisotopic (exact) mass is 298 g/mol. The van der Waals surface area contributed by atoms with Crippen LogP contribution < -0.4 is 5.32 Å². The molecule has 0 aromatic carbocycles. The van der Waals surface area contributed by atoms with Crippen molar-refractivity contribution in [2.75, 3.05) is 12.4 Å². The molecule has 7 heteroatoms. The maximum absolute atomic E-state index is 5.14. The quantitative estimate of drug-likeness (QED) is 0.887. The van der Waals surface area contributed by atoms with E-state index >= 15 is 0 Å². The predicted octanol–water partition coefficient (Wildman–Crippen LogP) is 3.19. The highest BCUT2D eigenvalue weighted by Crippen LogP contribution is 2.34. The van der Waals surface area contributed by atoms with E-state index in [1.54, 1.807) is 29.8 Å². The minimum Gasteiger partial charge on any atom is -0.378 e. The van der Waals surface area contributed by atoms with Gasteiger partial charge in [-0.1, -0.05) is 18.3 Å². The molecule has 0 bridgehead atoms. The van der Waals surface area contributed by atoms with Gasteiger partial charge in [0.05, 0.1) is 17.2 Å². The number of methoxy groups -OCH3 is 1. The number of ether oxygens (including phenoxy) is 1. The van der Waals surface area contributed by atoms with Crippen molar-refractivity contribution in [2.24, 2.45) is 0 Å². The first-order chi connectivity index (χ1) is 9.13. The molecule has 19 heavy (non-hydrogen) atoms. The molecule has 0 aliphatic carbocycles. The molecule has 2 aromatic heterocycles. The number of hydrogen-bond donors (Lipinski definition) is 1. The molecule has 0 saturated heterocycles. The summed E-state index contributed by atoms with van der Waals surface area (Å²) in [5.74, 6) is 0. The van der Waals surface area contributed by atoms with Crippen molar-refractivity contribution in [3.05, 3.63) is 10.7 Å². The molecule has 0 unspecified atom stereocenters. The Balaban J connectivity index is 2.27. The number of aryl methyl sites for hydroxylation is 1. The Kier molecular flexibility index (Phi) is 4.84. The van der Waals surface area contributed by atoms with Gasteiger partial charge in [-0.15, -0.1) is 21.5 Å². The highest BCUT2D eigenvalue weighted by Gasteiger charge is 2.16. The summed E-state index contributed by atoms with van der Waals surface area (Å²) in [6, 6.07) is 0.358. The minimum absolute atomic E-state index is 0.358. The van der Waals surface area contributed by atoms with E-state index in [4.69, 9.17) is 4.74 Å². The number of hydrogen-bond acceptors (Lipinski definition) is 7. The van der Waals surface area contributed by atoms with Crippen LogP contribution in [0.25, 0.3) is 9.88 Å². The van der Waals surface area contributed by atoms with Crippen molar-refractivity contribution in [3.63, 3.8) is 0 Å². The van der Waals surface area contributed by atoms with Crippen LogP contribution in [0.5, 0.6) is 0 Å². The Bertz CT molecular complexity index is 536. The van der Waals surface area contributed by atoms with Crippen molar-refractivity contribution < 1.29 is 4.74 Å². The lowest BCUT2D eigenvalue weighted by atomic mass is 10.3. The third kappa shape index (κ3) is 3.49. The molecule has 0 aliphatic rings. The molecule has 104 valence electrons. The number of rotatable bonds is 6. The van der Waals surface area contributed by atoms with Gasteiger partial charge in [0.25, 0.3) is 0 Å². The Morgan fingerprint density at radius 2 is 2.05 bits per heavy atom. The first kappa shape index (κ1) is 14.4. The van der Waals surface area contributed by atoms with Crippen molar-refractivity contribution in [1.29, 1.82) is 0 Å². The highest BCUT2D eigenvalue weighted by atomic mass is 32.1. The van der Waals surface area contributed by atoms with Gasteiger partial charge in [0.1, 0.15) is 5.01 Å². The second kappa shape index (κ2) is 6.40. The van der Waals surface area contributed by atoms with Crippen LogP contribution in [0.4, 0.5) is 5.13 Å². The molecular weight excluding hydrogens is 280 g/mol. The SMILES string of the molecule is CCc1nc(COC)sc1-c1nnc(NC(C)C)s1. The number of anilines is 1. The first-order valence-electron chi connectivity index (χ1n) is 6.22. The van der Waals surface area contributed by atoms with Gasteiger partial charge in [0, 0.05) is 13.2 Å². The zero-order chi connectivity index (χ0) is 13.8. The standard InChI is InChI=1S/C12H18N4OS2/c1-5-8-10(18-9(14-8)6-17-4)11-15-16-12(19-11)13-7(2)3/h7H,5-6H2,1-4H3,(H,13,16). The van der Waals surface area contributed by atoms with Crippen LogP contribution in [-0.2, 0) is 17.8 Å². The summed E-state index contributed by atoms with van der Waals surface area (Å²) in [5, 5.41) is 14.5. The predicted molar refractivity (Wildman–Crippen MR) is 79.9 cm³/mol. The van der Waals surface area contributed by atoms with Crippen LogP contribution in [0.3, 0.4) is 0 Å². The normalized spacial score (nSPS) is 11.2. The van der Waals surface area contributed by atoms with Crippen LogP contribution in [0, 0.1) is 0 Å². The van der Waals surface area contributed by atoms with E-state index < -0.39 is 0 Å². The number of nitrogens with one attached hydrogen (secondary N) is 1. The van der Waals surface area contributed by atoms with E-state index in [0.717, 1.165) is 32.1 Å². The minimum atomic E-state index is 0.358. The zero-order valence-corrected chi connectivity index (χ0v) is 13.2. The van der Waals surface area contributed by atoms with Gasteiger partial charge in [0.15, 0.2) is 5.01 Å². The van der Waals surface area contributed by atoms with E-state index in [9.17, 15) is 0 Å². The number of nitrogens with zero attached hydrogens (tertiary/aromatic N) is 3. The average molecular weight is 298 g/mol. The van der Waals surface area contributed by atoms with Gasteiger partial charge in [-0.2, -0.15) is 0 Å². The number of thiazole rings is 1. The molecule has 0 fully saturated rings. The fourth-order valence-electron chi connectivity index (χ4n) is 1.61. The molecule has 1 N–H and O–H groups in total. The van der Waals surface area contributed by atoms with Crippen molar-refractivity contribution in [2.45, 2.75) is 39.8 Å². The maximum atomic E-state index is 5.14. The lowest BCUT2D eigenvalue weighted by Gasteiger charge is -2.03. The summed E-state index contributed by atoms with van der Waals surface area (Å²) in [7, 11) is 1.68. The fraction of sp³-hybridized carbons (Fsp3) is 0.583. The second-order valence-electron chi connectivity index (χ2n) is 4.38. The summed E-state index contributed by atoms with van der Waals surface area (Å²) in [6.07, 6.45) is 0.891. The number of aromatic nitrogens is 3. The van der Waals surface area contributed by atoms with E-state index in [1.807, 2.05) is 0 Å². The molecule has 0 radical (unpaired) electrons. The molecule has 5 nitrogen and oxygen atoms in total. The molecule has 2 heterocycles. The lowest BCUT2D eigenvalue weighted by molar-refractivity contribution is 0.184. The molecule has 0 amide bonds. The Morgan fingerprint density at radius 1 is 1.26 bits per heavy atom. The zero-order valence-electron chi connectivity index (χ0n) is 11.6. The van der Waals surface area contributed by atoms with Gasteiger partial charge >= 0.3 is 0 Å². The summed E-state index contributed by atoms with van der Waals surface area (Å²) >= 11 is 3.21. The Labute approximate surface area is 121 Å². The molecule has 0 spiro atoms. The molecule has 0 aliphatic heterocycles. The summed E-state index contributed by atoms with van der Waals surface area (Å²) in [6.45, 7) is 6.82. The maximum Gasteiger partial charge on any atom is 0.206 e. The third-order valence-corrected chi connectivity index (χ3v) is 4.45. The third-order valence-electron chi connectivity index (χ3n) is 2.38. The largest absolute Gasteiger partial charge is 0.378 e. The van der Waals surface area contributed by atoms with Gasteiger partial charge in [-0.3, -0.25) is 0 Å². The first-order valence-corrected chi connectivity index (χ1v) is 7.85. The van der Waals surface area contributed by atoms with Gasteiger partial charge in [-0.25, -0.2) is 4.98 Å². The van der Waals surface area contributed by atoms with Crippen LogP contribution >= 0.6 is 22.7 Å². The molecule has 2 rings (SSSR count). The Morgan fingerprint density at radius 3 is 2.68 bits per heavy atom. The van der Waals surface area contributed by atoms with E-state index in [2.05, 4.69) is 41.3 Å². The van der Waals surface area contributed by atoms with E-state index in [-0.39, 0.29) is 0 Å². The lowest BCUT2D eigenvalue weighted by Crippen LogP contribution is -2.08. The molecule has 2 aromatic rings.